The van der Waals surface area contributed by atoms with E-state index in [1.165, 1.54) is 0 Å². The molecular weight excluding hydrogens is 372 g/mol. The van der Waals surface area contributed by atoms with E-state index in [-0.39, 0.29) is 44.8 Å². The number of esters is 3. The Morgan fingerprint density at radius 2 is 1.21 bits per heavy atom. The highest BCUT2D eigenvalue weighted by molar-refractivity contribution is 7.80. The standard InChI is InChI=1S/C15H26O6S3/c1-2-15(9-19-12(16)3-6-22,10-20-13(17)4-7-23)11-21-14(18)5-8-24/h22-24H,2-11H2,1H3/p-1. The van der Waals surface area contributed by atoms with Crippen molar-refractivity contribution in [1.29, 1.82) is 0 Å². The first kappa shape index (κ1) is 23.5. The lowest BCUT2D eigenvalue weighted by molar-refractivity contribution is -0.161. The van der Waals surface area contributed by atoms with Crippen molar-refractivity contribution in [3.8, 4) is 0 Å². The molecule has 0 heterocycles. The molecule has 0 unspecified atom stereocenters. The summed E-state index contributed by atoms with van der Waals surface area (Å²) in [7, 11) is 0. The molecule has 9 heteroatoms. The van der Waals surface area contributed by atoms with Gasteiger partial charge >= 0.3 is 17.9 Å². The zero-order valence-corrected chi connectivity index (χ0v) is 16.4. The van der Waals surface area contributed by atoms with Crippen LogP contribution in [0.25, 0.3) is 0 Å². The maximum Gasteiger partial charge on any atom is 0.306 e. The summed E-state index contributed by atoms with van der Waals surface area (Å²) in [5.41, 5.74) is -0.782. The molecule has 0 aromatic heterocycles. The van der Waals surface area contributed by atoms with E-state index in [4.69, 9.17) is 26.8 Å². The summed E-state index contributed by atoms with van der Waals surface area (Å²) in [6.45, 7) is 1.82. The van der Waals surface area contributed by atoms with Gasteiger partial charge in [0.1, 0.15) is 19.8 Å². The van der Waals surface area contributed by atoms with E-state index in [1.807, 2.05) is 6.92 Å². The predicted octanol–water partition coefficient (Wildman–Crippen LogP) is 1.59. The van der Waals surface area contributed by atoms with Crippen LogP contribution < -0.4 is 0 Å². The highest BCUT2D eigenvalue weighted by Gasteiger charge is 2.34. The van der Waals surface area contributed by atoms with Gasteiger partial charge in [-0.25, -0.2) is 0 Å². The van der Waals surface area contributed by atoms with Gasteiger partial charge in [-0.1, -0.05) is 6.92 Å². The largest absolute Gasteiger partial charge is 0.792 e. The van der Waals surface area contributed by atoms with Crippen LogP contribution in [-0.4, -0.2) is 55.0 Å². The molecule has 0 aromatic rings. The van der Waals surface area contributed by atoms with Crippen LogP contribution in [0, 0.1) is 5.41 Å². The number of carbonyl (C=O) groups excluding carboxylic acids is 3. The van der Waals surface area contributed by atoms with Crippen molar-refractivity contribution in [2.45, 2.75) is 32.6 Å². The fraction of sp³-hybridized carbons (Fsp3) is 0.800. The van der Waals surface area contributed by atoms with Crippen molar-refractivity contribution in [2.24, 2.45) is 5.41 Å². The molecule has 6 nitrogen and oxygen atoms in total. The summed E-state index contributed by atoms with van der Waals surface area (Å²) in [6, 6.07) is 0. The van der Waals surface area contributed by atoms with Gasteiger partial charge in [-0.05, 0) is 6.42 Å². The highest BCUT2D eigenvalue weighted by atomic mass is 32.1. The van der Waals surface area contributed by atoms with Crippen molar-refractivity contribution in [2.75, 3.05) is 37.1 Å². The fourth-order valence-electron chi connectivity index (χ4n) is 1.61. The zero-order valence-electron chi connectivity index (χ0n) is 13.8. The molecule has 0 atom stereocenters. The number of hydrogen-bond donors (Lipinski definition) is 2. The molecular formula is C15H25O6S3-. The molecule has 0 aliphatic heterocycles. The van der Waals surface area contributed by atoms with E-state index in [2.05, 4.69) is 25.3 Å². The summed E-state index contributed by atoms with van der Waals surface area (Å²) < 4.78 is 15.6. The normalized spacial score (nSPS) is 11.0. The summed E-state index contributed by atoms with van der Waals surface area (Å²) in [4.78, 5) is 34.7. The minimum Gasteiger partial charge on any atom is -0.792 e. The van der Waals surface area contributed by atoms with Crippen molar-refractivity contribution in [3.63, 3.8) is 0 Å². The summed E-state index contributed by atoms with van der Waals surface area (Å²) in [5.74, 6) is -0.203. The lowest BCUT2D eigenvalue weighted by Gasteiger charge is -2.31. The Bertz CT molecular complexity index is 348. The molecule has 0 fully saturated rings. The second kappa shape index (κ2) is 13.7. The van der Waals surface area contributed by atoms with Gasteiger partial charge in [0.25, 0.3) is 0 Å². The lowest BCUT2D eigenvalue weighted by atomic mass is 9.88. The monoisotopic (exact) mass is 397 g/mol. The van der Waals surface area contributed by atoms with Gasteiger partial charge in [-0.15, -0.1) is 0 Å². The van der Waals surface area contributed by atoms with E-state index < -0.39 is 23.3 Å². The molecule has 0 aliphatic carbocycles. The summed E-state index contributed by atoms with van der Waals surface area (Å²) in [5, 5.41) is 0. The van der Waals surface area contributed by atoms with Gasteiger partial charge in [0.15, 0.2) is 0 Å². The zero-order chi connectivity index (χ0) is 18.4. The molecule has 0 aliphatic rings. The van der Waals surface area contributed by atoms with E-state index in [9.17, 15) is 14.4 Å². The van der Waals surface area contributed by atoms with Gasteiger partial charge in [0.2, 0.25) is 0 Å². The number of rotatable bonds is 13. The lowest BCUT2D eigenvalue weighted by Crippen LogP contribution is -2.39. The van der Waals surface area contributed by atoms with E-state index >= 15 is 0 Å². The summed E-state index contributed by atoms with van der Waals surface area (Å²) in [6.07, 6.45) is 0.987. The number of hydrogen-bond acceptors (Lipinski definition) is 9. The molecule has 0 aromatic carbocycles. The van der Waals surface area contributed by atoms with Gasteiger partial charge in [-0.3, -0.25) is 14.4 Å². The first-order chi connectivity index (χ1) is 11.4. The quantitative estimate of drug-likeness (QED) is 0.211. The third-order valence-electron chi connectivity index (χ3n) is 3.31. The predicted molar refractivity (Wildman–Crippen MR) is 99.4 cm³/mol. The first-order valence-corrected chi connectivity index (χ1v) is 9.54. The molecule has 0 spiro atoms. The van der Waals surface area contributed by atoms with Crippen LogP contribution in [0.15, 0.2) is 0 Å². The van der Waals surface area contributed by atoms with E-state index in [0.717, 1.165) is 0 Å². The molecule has 0 saturated carbocycles. The maximum absolute atomic E-state index is 11.6. The second-order valence-corrected chi connectivity index (χ2v) is 6.54. The van der Waals surface area contributed by atoms with Crippen LogP contribution in [0.4, 0.5) is 0 Å². The Labute approximate surface area is 159 Å². The minimum atomic E-state index is -0.782. The number of carbonyl (C=O) groups is 3. The molecule has 140 valence electrons. The van der Waals surface area contributed by atoms with Crippen LogP contribution in [0.2, 0.25) is 0 Å². The Kier molecular flexibility index (Phi) is 13.4. The van der Waals surface area contributed by atoms with Crippen LogP contribution in [0.5, 0.6) is 0 Å². The molecule has 0 amide bonds. The van der Waals surface area contributed by atoms with Crippen LogP contribution in [0.1, 0.15) is 32.6 Å². The second-order valence-electron chi connectivity index (χ2n) is 5.24. The smallest absolute Gasteiger partial charge is 0.306 e. The Morgan fingerprint density at radius 1 is 0.833 bits per heavy atom. The van der Waals surface area contributed by atoms with Crippen LogP contribution >= 0.6 is 25.3 Å². The molecule has 0 bridgehead atoms. The SMILES string of the molecule is CCC(COC(=O)CC[S-])(COC(=O)CCS)COC(=O)CCS. The van der Waals surface area contributed by atoms with Crippen molar-refractivity contribution >= 4 is 55.8 Å². The number of thiol groups is 2. The van der Waals surface area contributed by atoms with Gasteiger partial charge < -0.3 is 26.8 Å². The molecule has 0 N–H and O–H groups in total. The highest BCUT2D eigenvalue weighted by Crippen LogP contribution is 2.25. The van der Waals surface area contributed by atoms with Crippen molar-refractivity contribution in [3.05, 3.63) is 0 Å². The first-order valence-electron chi connectivity index (χ1n) is 7.69. The Balaban J connectivity index is 4.81. The number of ether oxygens (including phenoxy) is 3. The van der Waals surface area contributed by atoms with Crippen LogP contribution in [-0.2, 0) is 41.2 Å². The molecule has 0 rings (SSSR count). The molecule has 0 radical (unpaired) electrons. The van der Waals surface area contributed by atoms with Gasteiger partial charge in [-0.2, -0.15) is 31.0 Å². The maximum atomic E-state index is 11.6. The minimum absolute atomic E-state index is 0.00851. The van der Waals surface area contributed by atoms with Crippen molar-refractivity contribution < 1.29 is 28.6 Å². The summed E-state index contributed by atoms with van der Waals surface area (Å²) >= 11 is 12.7. The van der Waals surface area contributed by atoms with Gasteiger partial charge in [0, 0.05) is 17.9 Å². The molecule has 24 heavy (non-hydrogen) atoms. The van der Waals surface area contributed by atoms with Gasteiger partial charge in [0.05, 0.1) is 18.3 Å². The average Bonchev–Trinajstić information content (AvgIpc) is 2.55. The average molecular weight is 398 g/mol. The fourth-order valence-corrected chi connectivity index (χ4v) is 2.15. The Hall–Kier alpha value is -0.540. The van der Waals surface area contributed by atoms with Crippen molar-refractivity contribution in [1.82, 2.24) is 0 Å². The third-order valence-corrected chi connectivity index (χ3v) is 3.96. The van der Waals surface area contributed by atoms with E-state index in [0.29, 0.717) is 17.9 Å². The van der Waals surface area contributed by atoms with E-state index in [1.54, 1.807) is 0 Å². The third kappa shape index (κ3) is 10.4. The van der Waals surface area contributed by atoms with Crippen LogP contribution in [0.3, 0.4) is 0 Å². The molecule has 0 saturated heterocycles. The topological polar surface area (TPSA) is 78.9 Å². The Morgan fingerprint density at radius 3 is 1.50 bits per heavy atom.